The quantitative estimate of drug-likeness (QED) is 0.751. The number of nitrogens with zero attached hydrogens (tertiary/aromatic N) is 1. The first-order valence-electron chi connectivity index (χ1n) is 8.47. The molecule has 1 rings (SSSR count). The third kappa shape index (κ3) is 6.24. The molecular weight excluding hydrogens is 282 g/mol. The average Bonchev–Trinajstić information content (AvgIpc) is 2.41. The molecule has 0 saturated carbocycles. The predicted molar refractivity (Wildman–Crippen MR) is 85.8 cm³/mol. The molecule has 0 aliphatic carbocycles. The van der Waals surface area contributed by atoms with Gasteiger partial charge in [0, 0.05) is 6.54 Å². The Morgan fingerprint density at radius 3 is 2.45 bits per heavy atom. The Hall–Kier alpha value is -1.26. The minimum atomic E-state index is -0.927. The topological polar surface area (TPSA) is 66.8 Å². The van der Waals surface area contributed by atoms with Gasteiger partial charge in [-0.15, -0.1) is 0 Å². The van der Waals surface area contributed by atoms with Gasteiger partial charge in [-0.05, 0) is 39.5 Å². The van der Waals surface area contributed by atoms with Gasteiger partial charge in [0.05, 0.1) is 0 Å². The van der Waals surface area contributed by atoms with Crippen LogP contribution in [0.15, 0.2) is 0 Å². The van der Waals surface area contributed by atoms with Crippen molar-refractivity contribution in [3.05, 3.63) is 0 Å². The summed E-state index contributed by atoms with van der Waals surface area (Å²) in [6.45, 7) is 8.04. The lowest BCUT2D eigenvalue weighted by Gasteiger charge is -2.37. The maximum atomic E-state index is 12.2. The van der Waals surface area contributed by atoms with E-state index < -0.39 is 23.7 Å². The summed E-state index contributed by atoms with van der Waals surface area (Å²) in [7, 11) is 0. The van der Waals surface area contributed by atoms with Gasteiger partial charge in [-0.3, -0.25) is 4.90 Å². The van der Waals surface area contributed by atoms with Gasteiger partial charge in [-0.2, -0.15) is 0 Å². The second-order valence-corrected chi connectivity index (χ2v) is 7.27. The van der Waals surface area contributed by atoms with Crippen LogP contribution in [0.3, 0.4) is 0 Å². The number of amides is 1. The Morgan fingerprint density at radius 1 is 1.23 bits per heavy atom. The van der Waals surface area contributed by atoms with Crippen LogP contribution in [0.5, 0.6) is 0 Å². The number of carboxylic acid groups (broad SMARTS) is 1. The summed E-state index contributed by atoms with van der Waals surface area (Å²) in [4.78, 5) is 25.1. The van der Waals surface area contributed by atoms with Crippen molar-refractivity contribution in [3.63, 3.8) is 0 Å². The van der Waals surface area contributed by atoms with Crippen molar-refractivity contribution in [1.82, 2.24) is 4.90 Å². The highest BCUT2D eigenvalue weighted by Crippen LogP contribution is 2.29. The minimum Gasteiger partial charge on any atom is -0.480 e. The van der Waals surface area contributed by atoms with Crippen LogP contribution in [-0.4, -0.2) is 40.3 Å². The smallest absolute Gasteiger partial charge is 0.411 e. The number of rotatable bonds is 6. The predicted octanol–water partition coefficient (Wildman–Crippen LogP) is 4.06. The Morgan fingerprint density at radius 2 is 1.91 bits per heavy atom. The molecule has 1 saturated heterocycles. The fraction of sp³-hybridized carbons (Fsp3) is 0.882. The van der Waals surface area contributed by atoms with Gasteiger partial charge in [-0.1, -0.05) is 39.0 Å². The molecule has 0 aromatic carbocycles. The van der Waals surface area contributed by atoms with E-state index in [0.29, 0.717) is 18.9 Å². The van der Waals surface area contributed by atoms with E-state index >= 15 is 0 Å². The molecule has 1 aliphatic rings. The lowest BCUT2D eigenvalue weighted by molar-refractivity contribution is -0.145. The second kappa shape index (κ2) is 8.39. The van der Waals surface area contributed by atoms with Gasteiger partial charge in [0.25, 0.3) is 0 Å². The van der Waals surface area contributed by atoms with Crippen molar-refractivity contribution in [2.24, 2.45) is 5.92 Å². The van der Waals surface area contributed by atoms with E-state index in [2.05, 4.69) is 6.92 Å². The summed E-state index contributed by atoms with van der Waals surface area (Å²) in [5.74, 6) is -0.527. The molecule has 2 atom stereocenters. The number of hydrogen-bond acceptors (Lipinski definition) is 3. The molecule has 0 aromatic heterocycles. The highest BCUT2D eigenvalue weighted by molar-refractivity contribution is 5.80. The normalized spacial score (nSPS) is 22.5. The van der Waals surface area contributed by atoms with Gasteiger partial charge in [0.2, 0.25) is 0 Å². The van der Waals surface area contributed by atoms with Crippen molar-refractivity contribution in [2.75, 3.05) is 6.54 Å². The van der Waals surface area contributed by atoms with E-state index in [-0.39, 0.29) is 0 Å². The summed E-state index contributed by atoms with van der Waals surface area (Å²) < 4.78 is 5.33. The van der Waals surface area contributed by atoms with E-state index in [1.165, 1.54) is 24.2 Å². The zero-order valence-corrected chi connectivity index (χ0v) is 14.4. The van der Waals surface area contributed by atoms with Crippen molar-refractivity contribution in [3.8, 4) is 0 Å². The van der Waals surface area contributed by atoms with E-state index in [1.807, 2.05) is 0 Å². The van der Waals surface area contributed by atoms with Crippen molar-refractivity contribution in [1.29, 1.82) is 0 Å². The van der Waals surface area contributed by atoms with Gasteiger partial charge < -0.3 is 9.84 Å². The highest BCUT2D eigenvalue weighted by Gasteiger charge is 2.37. The number of carbonyl (C=O) groups is 2. The summed E-state index contributed by atoms with van der Waals surface area (Å²) in [5.41, 5.74) is -0.600. The Kier molecular flexibility index (Phi) is 7.17. The van der Waals surface area contributed by atoms with Crippen molar-refractivity contribution < 1.29 is 19.4 Å². The molecule has 0 radical (unpaired) electrons. The molecule has 1 heterocycles. The number of ether oxygens (including phenoxy) is 1. The highest BCUT2D eigenvalue weighted by atomic mass is 16.6. The molecule has 1 fully saturated rings. The number of carbonyl (C=O) groups excluding carboxylic acids is 1. The third-order valence-corrected chi connectivity index (χ3v) is 4.09. The van der Waals surface area contributed by atoms with Gasteiger partial charge in [-0.25, -0.2) is 9.59 Å². The molecule has 5 nitrogen and oxygen atoms in total. The summed E-state index contributed by atoms with van der Waals surface area (Å²) in [6, 6.07) is -0.750. The first kappa shape index (κ1) is 18.8. The molecular formula is C17H31NO4. The molecule has 0 aromatic rings. The Labute approximate surface area is 134 Å². The number of piperidine rings is 1. The summed E-state index contributed by atoms with van der Waals surface area (Å²) in [5, 5.41) is 9.43. The van der Waals surface area contributed by atoms with E-state index in [9.17, 15) is 14.7 Å². The first-order chi connectivity index (χ1) is 10.2. The number of hydrogen-bond donors (Lipinski definition) is 1. The lowest BCUT2D eigenvalue weighted by Crippen LogP contribution is -2.51. The third-order valence-electron chi connectivity index (χ3n) is 4.09. The number of aliphatic carboxylic acids is 1. The minimum absolute atomic E-state index is 0.400. The lowest BCUT2D eigenvalue weighted by atomic mass is 9.87. The van der Waals surface area contributed by atoms with Crippen LogP contribution in [0.4, 0.5) is 4.79 Å². The van der Waals surface area contributed by atoms with Crippen LogP contribution in [-0.2, 0) is 9.53 Å². The van der Waals surface area contributed by atoms with Gasteiger partial charge in [0.1, 0.15) is 11.6 Å². The molecule has 1 amide bonds. The molecule has 1 N–H and O–H groups in total. The van der Waals surface area contributed by atoms with E-state index in [4.69, 9.17) is 4.74 Å². The summed E-state index contributed by atoms with van der Waals surface area (Å²) >= 11 is 0. The first-order valence-corrected chi connectivity index (χ1v) is 8.47. The van der Waals surface area contributed by atoms with E-state index in [1.54, 1.807) is 20.8 Å². The summed E-state index contributed by atoms with van der Waals surface area (Å²) in [6.07, 6.45) is 6.76. The maximum absolute atomic E-state index is 12.2. The number of carboxylic acids is 1. The molecule has 0 bridgehead atoms. The Bertz CT molecular complexity index is 375. The Balaban J connectivity index is 2.56. The van der Waals surface area contributed by atoms with Crippen LogP contribution < -0.4 is 0 Å². The van der Waals surface area contributed by atoms with Crippen molar-refractivity contribution in [2.45, 2.75) is 84.3 Å². The number of likely N-dealkylation sites (tertiary alicyclic amines) is 1. The van der Waals surface area contributed by atoms with Crippen LogP contribution in [0.2, 0.25) is 0 Å². The van der Waals surface area contributed by atoms with Gasteiger partial charge in [0.15, 0.2) is 0 Å². The molecule has 22 heavy (non-hydrogen) atoms. The SMILES string of the molecule is CCCCCCC1CCN(C(=O)OC(C)(C)C)C(C(=O)O)C1. The fourth-order valence-corrected chi connectivity index (χ4v) is 2.93. The van der Waals surface area contributed by atoms with Crippen LogP contribution in [0.25, 0.3) is 0 Å². The van der Waals surface area contributed by atoms with Crippen LogP contribution >= 0.6 is 0 Å². The second-order valence-electron chi connectivity index (χ2n) is 7.27. The largest absolute Gasteiger partial charge is 0.480 e. The molecule has 128 valence electrons. The van der Waals surface area contributed by atoms with Crippen molar-refractivity contribution >= 4 is 12.1 Å². The van der Waals surface area contributed by atoms with Crippen LogP contribution in [0, 0.1) is 5.92 Å². The molecule has 2 unspecified atom stereocenters. The molecule has 5 heteroatoms. The van der Waals surface area contributed by atoms with Gasteiger partial charge >= 0.3 is 12.1 Å². The molecule has 1 aliphatic heterocycles. The molecule has 0 spiro atoms. The average molecular weight is 313 g/mol. The zero-order valence-electron chi connectivity index (χ0n) is 14.4. The van der Waals surface area contributed by atoms with Crippen LogP contribution in [0.1, 0.15) is 72.6 Å². The van der Waals surface area contributed by atoms with E-state index in [0.717, 1.165) is 19.3 Å². The fourth-order valence-electron chi connectivity index (χ4n) is 2.93. The maximum Gasteiger partial charge on any atom is 0.411 e. The number of unbranched alkanes of at least 4 members (excludes halogenated alkanes) is 3. The standard InChI is InChI=1S/C17H31NO4/c1-5-6-7-8-9-13-10-11-18(14(12-13)15(19)20)16(21)22-17(2,3)4/h13-14H,5-12H2,1-4H3,(H,19,20). The zero-order chi connectivity index (χ0) is 16.8. The monoisotopic (exact) mass is 313 g/mol.